The van der Waals surface area contributed by atoms with Crippen molar-refractivity contribution in [2.45, 2.75) is 48.5 Å². The predicted molar refractivity (Wildman–Crippen MR) is 118 cm³/mol. The minimum Gasteiger partial charge on any atom is -0.479 e. The number of anilines is 1. The molecule has 0 amide bonds. The average molecular weight is 574 g/mol. The number of rotatable bonds is 7. The molecule has 1 aromatic carbocycles. The number of ether oxygens (including phenoxy) is 4. The van der Waals surface area contributed by atoms with Crippen LogP contribution in [0.3, 0.4) is 0 Å². The van der Waals surface area contributed by atoms with Crippen LogP contribution in [0.25, 0.3) is 11.2 Å². The Morgan fingerprint density at radius 1 is 1.21 bits per heavy atom. The summed E-state index contributed by atoms with van der Waals surface area (Å²) in [5.41, 5.74) is 0.181. The van der Waals surface area contributed by atoms with Crippen molar-refractivity contribution in [2.75, 3.05) is 5.73 Å². The smallest absolute Gasteiger partial charge is 0.479 e. The molecule has 0 spiro atoms. The van der Waals surface area contributed by atoms with E-state index in [1.165, 1.54) is 0 Å². The molecular formula is C21H15ClF3N5O9. The van der Waals surface area contributed by atoms with Gasteiger partial charge in [0, 0.05) is 6.42 Å². The Hall–Kier alpha value is -3.93. The maximum atomic E-state index is 15.6. The van der Waals surface area contributed by atoms with E-state index in [1.807, 2.05) is 0 Å². The van der Waals surface area contributed by atoms with Crippen LogP contribution in [0.5, 0.6) is 11.5 Å². The second-order valence-corrected chi connectivity index (χ2v) is 9.38. The van der Waals surface area contributed by atoms with E-state index in [2.05, 4.69) is 24.4 Å². The number of hydrogen-bond acceptors (Lipinski definition) is 11. The number of nitrogens with two attached hydrogens (primary N) is 1. The molecule has 1 aliphatic carbocycles. The van der Waals surface area contributed by atoms with Crippen molar-refractivity contribution in [1.29, 1.82) is 0 Å². The normalized spacial score (nSPS) is 28.4. The number of carbonyl (C=O) groups is 2. The first-order chi connectivity index (χ1) is 18.3. The number of imidazole rings is 1. The van der Waals surface area contributed by atoms with Gasteiger partial charge < -0.3 is 40.0 Å². The lowest BCUT2D eigenvalue weighted by molar-refractivity contribution is -0.286. The van der Waals surface area contributed by atoms with Crippen molar-refractivity contribution < 1.29 is 57.0 Å². The van der Waals surface area contributed by atoms with E-state index < -0.39 is 66.2 Å². The van der Waals surface area contributed by atoms with Crippen LogP contribution in [0, 0.1) is 0 Å². The molecule has 14 nitrogen and oxygen atoms in total. The summed E-state index contributed by atoms with van der Waals surface area (Å²) in [5, 5.41) is 30.4. The molecule has 4 heterocycles. The van der Waals surface area contributed by atoms with Gasteiger partial charge in [0.2, 0.25) is 5.28 Å². The second-order valence-electron chi connectivity index (χ2n) is 9.04. The van der Waals surface area contributed by atoms with Gasteiger partial charge in [0.1, 0.15) is 17.7 Å². The monoisotopic (exact) mass is 573 g/mol. The number of hydrogen-bond donors (Lipinski definition) is 4. The Bertz CT molecular complexity index is 1540. The zero-order chi connectivity index (χ0) is 28.1. The fraction of sp³-hybridized carbons (Fsp3) is 0.381. The largest absolute Gasteiger partial charge is 0.586 e. The minimum absolute atomic E-state index is 0.0127. The highest BCUT2D eigenvalue weighted by atomic mass is 35.5. The van der Waals surface area contributed by atoms with Crippen LogP contribution < -0.4 is 15.2 Å². The molecule has 1 unspecified atom stereocenters. The summed E-state index contributed by atoms with van der Waals surface area (Å²) >= 11 is 5.82. The molecule has 3 aromatic rings. The van der Waals surface area contributed by atoms with Gasteiger partial charge in [0.05, 0.1) is 6.33 Å². The summed E-state index contributed by atoms with van der Waals surface area (Å²) in [6, 6.07) is 3.11. The van der Waals surface area contributed by atoms with Gasteiger partial charge in [0.15, 0.2) is 41.0 Å². The third-order valence-corrected chi connectivity index (χ3v) is 6.86. The maximum Gasteiger partial charge on any atom is 0.586 e. The average Bonchev–Trinajstić information content (AvgIpc) is 3.16. The maximum absolute atomic E-state index is 15.6. The second kappa shape index (κ2) is 8.04. The zero-order valence-electron chi connectivity index (χ0n) is 19.0. The first-order valence-corrected chi connectivity index (χ1v) is 11.4. The highest BCUT2D eigenvalue weighted by molar-refractivity contribution is 6.28. The number of carboxylic acids is 2. The van der Waals surface area contributed by atoms with Gasteiger partial charge in [-0.05, 0) is 29.3 Å². The Balaban J connectivity index is 1.26. The van der Waals surface area contributed by atoms with Gasteiger partial charge in [-0.25, -0.2) is 19.0 Å². The van der Waals surface area contributed by atoms with E-state index in [0.29, 0.717) is 0 Å². The molecule has 5 atom stereocenters. The van der Waals surface area contributed by atoms with E-state index in [0.717, 1.165) is 29.1 Å². The molecule has 39 heavy (non-hydrogen) atoms. The van der Waals surface area contributed by atoms with Crippen LogP contribution in [0.2, 0.25) is 5.28 Å². The molecule has 206 valence electrons. The number of aliphatic carboxylic acids is 2. The van der Waals surface area contributed by atoms with Crippen LogP contribution in [0.1, 0.15) is 11.8 Å². The molecule has 18 heteroatoms. The highest BCUT2D eigenvalue weighted by Gasteiger charge is 2.80. The number of fused-ring (bicyclic) bond motifs is 3. The fourth-order valence-electron chi connectivity index (χ4n) is 4.73. The fourth-order valence-corrected chi connectivity index (χ4v) is 4.90. The van der Waals surface area contributed by atoms with E-state index in [4.69, 9.17) is 26.8 Å². The zero-order valence-corrected chi connectivity index (χ0v) is 19.8. The van der Waals surface area contributed by atoms with Gasteiger partial charge in [-0.3, -0.25) is 4.57 Å². The lowest BCUT2D eigenvalue weighted by atomic mass is 9.93. The van der Waals surface area contributed by atoms with Gasteiger partial charge in [-0.15, -0.1) is 8.78 Å². The molecule has 2 aromatic heterocycles. The standard InChI is InChI=1S/C21H15ClF3N5O9/c22-18-28-13(26)9-14(29-18)30(5-27-9)15-10(23)20(35)11(36-15)12(20)39-19(16(31)32,17(33)34)4-6-1-2-7-8(3-6)38-21(24,25)37-7/h1-3,5,10-12,15,35H,4H2,(H,31,32)(H,33,34)(H2,26,28,29)/t10-,11-,12?,15-,20+/m1/s1. The van der Waals surface area contributed by atoms with Gasteiger partial charge >= 0.3 is 18.2 Å². The van der Waals surface area contributed by atoms with Gasteiger partial charge in [0.25, 0.3) is 5.60 Å². The number of benzene rings is 1. The molecule has 0 bridgehead atoms. The summed E-state index contributed by atoms with van der Waals surface area (Å²) in [7, 11) is 0. The third kappa shape index (κ3) is 3.64. The van der Waals surface area contributed by atoms with Crippen LogP contribution in [-0.2, 0) is 25.5 Å². The molecule has 2 fully saturated rings. The van der Waals surface area contributed by atoms with Crippen molar-refractivity contribution in [2.24, 2.45) is 0 Å². The third-order valence-electron chi connectivity index (χ3n) is 6.69. The number of alkyl halides is 3. The number of aliphatic hydroxyl groups is 1. The molecular weight excluding hydrogens is 559 g/mol. The molecule has 6 rings (SSSR count). The van der Waals surface area contributed by atoms with E-state index in [1.54, 1.807) is 0 Å². The van der Waals surface area contributed by atoms with E-state index in [9.17, 15) is 33.7 Å². The molecule has 1 saturated carbocycles. The molecule has 5 N–H and O–H groups in total. The minimum atomic E-state index is -3.96. The van der Waals surface area contributed by atoms with Crippen LogP contribution in [0.15, 0.2) is 24.5 Å². The van der Waals surface area contributed by atoms with Crippen molar-refractivity contribution in [1.82, 2.24) is 19.5 Å². The van der Waals surface area contributed by atoms with Crippen molar-refractivity contribution >= 4 is 40.5 Å². The number of nitrogen functional groups attached to an aromatic ring is 1. The van der Waals surface area contributed by atoms with Gasteiger partial charge in [-0.2, -0.15) is 9.97 Å². The quantitative estimate of drug-likeness (QED) is 0.229. The number of carboxylic acid groups (broad SMARTS) is 2. The van der Waals surface area contributed by atoms with Crippen LogP contribution >= 0.6 is 11.6 Å². The summed E-state index contributed by atoms with van der Waals surface area (Å²) in [5.74, 6) is -4.91. The highest BCUT2D eigenvalue weighted by Crippen LogP contribution is 2.58. The lowest BCUT2D eigenvalue weighted by Crippen LogP contribution is -2.53. The van der Waals surface area contributed by atoms with Gasteiger partial charge in [-0.1, -0.05) is 6.07 Å². The first kappa shape index (κ1) is 25.4. The summed E-state index contributed by atoms with van der Waals surface area (Å²) < 4.78 is 62.8. The summed E-state index contributed by atoms with van der Waals surface area (Å²) in [6.07, 6.45) is -10.8. The summed E-state index contributed by atoms with van der Waals surface area (Å²) in [4.78, 5) is 36.0. The molecule has 1 saturated heterocycles. The Morgan fingerprint density at radius 2 is 1.90 bits per heavy atom. The Morgan fingerprint density at radius 3 is 2.54 bits per heavy atom. The SMILES string of the molecule is Nc1nc(Cl)nc2c1ncn2[C@@H]1O[C@@H]2C(OC(Cc3ccc4c(c3)OC(F)(F)O4)(C(=O)O)C(=O)O)[C@]2(O)[C@@H]1F. The van der Waals surface area contributed by atoms with Crippen LogP contribution in [0.4, 0.5) is 19.0 Å². The number of nitrogens with zero attached hydrogens (tertiary/aromatic N) is 4. The van der Waals surface area contributed by atoms with Crippen molar-refractivity contribution in [3.63, 3.8) is 0 Å². The van der Waals surface area contributed by atoms with E-state index in [-0.39, 0.29) is 33.6 Å². The number of aromatic nitrogens is 4. The Labute approximate surface area is 218 Å². The van der Waals surface area contributed by atoms with Crippen molar-refractivity contribution in [3.8, 4) is 11.5 Å². The topological polar surface area (TPSA) is 201 Å². The van der Waals surface area contributed by atoms with Crippen LogP contribution in [-0.4, -0.2) is 82.7 Å². The molecule has 2 aliphatic heterocycles. The number of halogens is 4. The van der Waals surface area contributed by atoms with Crippen molar-refractivity contribution in [3.05, 3.63) is 35.4 Å². The summed E-state index contributed by atoms with van der Waals surface area (Å²) in [6.45, 7) is 0. The Kier molecular flexibility index (Phi) is 5.23. The molecule has 0 radical (unpaired) electrons. The van der Waals surface area contributed by atoms with E-state index >= 15 is 4.39 Å². The lowest BCUT2D eigenvalue weighted by Gasteiger charge is -2.28. The molecule has 3 aliphatic rings. The predicted octanol–water partition coefficient (Wildman–Crippen LogP) is 0.899. The first-order valence-electron chi connectivity index (χ1n) is 11.0.